The summed E-state index contributed by atoms with van der Waals surface area (Å²) >= 11 is 0. The number of hydrogen-bond donors (Lipinski definition) is 0. The fraction of sp³-hybridized carbons (Fsp3) is 0. The van der Waals surface area contributed by atoms with Gasteiger partial charge >= 0.3 is 0 Å². The fourth-order valence-corrected chi connectivity index (χ4v) is 7.36. The van der Waals surface area contributed by atoms with Crippen LogP contribution in [0.5, 0.6) is 0 Å². The van der Waals surface area contributed by atoms with Gasteiger partial charge in [-0.2, -0.15) is 10.5 Å². The Bertz CT molecular complexity index is 2750. The van der Waals surface area contributed by atoms with Gasteiger partial charge < -0.3 is 9.13 Å². The topological polar surface area (TPSA) is 57.4 Å². The first-order valence-corrected chi connectivity index (χ1v) is 15.9. The number of aromatic nitrogens is 2. The molecule has 9 aromatic rings. The second-order valence-corrected chi connectivity index (χ2v) is 12.0. The van der Waals surface area contributed by atoms with Crippen molar-refractivity contribution in [3.8, 4) is 45.8 Å². The number of hydrogen-bond acceptors (Lipinski definition) is 2. The molecule has 0 saturated carbocycles. The predicted octanol–water partition coefficient (Wildman–Crippen LogP) is 11.0. The molecule has 7 aromatic carbocycles. The summed E-state index contributed by atoms with van der Waals surface area (Å²) in [4.78, 5) is 0. The number of nitrogens with zero attached hydrogens (tertiary/aromatic N) is 4. The molecule has 0 N–H and O–H groups in total. The fourth-order valence-electron chi connectivity index (χ4n) is 7.36. The number of benzene rings is 7. The van der Waals surface area contributed by atoms with Crippen LogP contribution in [0.4, 0.5) is 0 Å². The van der Waals surface area contributed by atoms with Gasteiger partial charge in [-0.25, -0.2) is 0 Å². The maximum Gasteiger partial charge on any atom is 0.0998 e. The third-order valence-electron chi connectivity index (χ3n) is 9.40. The van der Waals surface area contributed by atoms with Gasteiger partial charge in [0, 0.05) is 38.5 Å². The summed E-state index contributed by atoms with van der Waals surface area (Å²) in [5, 5.41) is 24.6. The van der Waals surface area contributed by atoms with Gasteiger partial charge in [0.25, 0.3) is 0 Å². The molecule has 2 aromatic heterocycles. The zero-order chi connectivity index (χ0) is 32.2. The zero-order valence-electron chi connectivity index (χ0n) is 25.8. The molecule has 0 unspecified atom stereocenters. The molecular formula is C44H26N4. The zero-order valence-corrected chi connectivity index (χ0v) is 25.8. The Morgan fingerprint density at radius 1 is 0.375 bits per heavy atom. The Morgan fingerprint density at radius 3 is 1.48 bits per heavy atom. The monoisotopic (exact) mass is 610 g/mol. The number of nitriles is 2. The van der Waals surface area contributed by atoms with Crippen LogP contribution in [-0.4, -0.2) is 9.13 Å². The molecule has 4 heteroatoms. The summed E-state index contributed by atoms with van der Waals surface area (Å²) < 4.78 is 4.67. The van der Waals surface area contributed by atoms with Crippen molar-refractivity contribution in [1.29, 1.82) is 10.5 Å². The van der Waals surface area contributed by atoms with Gasteiger partial charge in [-0.15, -0.1) is 0 Å². The molecule has 9 rings (SSSR count). The minimum atomic E-state index is 0.486. The molecule has 0 spiro atoms. The highest BCUT2D eigenvalue weighted by atomic mass is 15.0. The quantitative estimate of drug-likeness (QED) is 0.199. The van der Waals surface area contributed by atoms with Crippen LogP contribution < -0.4 is 0 Å². The first-order chi connectivity index (χ1) is 23.7. The molecule has 0 radical (unpaired) electrons. The molecule has 222 valence electrons. The highest BCUT2D eigenvalue weighted by molar-refractivity contribution is 6.28. The van der Waals surface area contributed by atoms with Crippen LogP contribution in [0.1, 0.15) is 11.1 Å². The van der Waals surface area contributed by atoms with Gasteiger partial charge in [0.15, 0.2) is 0 Å². The molecule has 0 aliphatic rings. The lowest BCUT2D eigenvalue weighted by Crippen LogP contribution is -1.96. The average molecular weight is 611 g/mol. The van der Waals surface area contributed by atoms with E-state index in [4.69, 9.17) is 0 Å². The van der Waals surface area contributed by atoms with E-state index in [1.54, 1.807) is 18.2 Å². The Kier molecular flexibility index (Phi) is 6.22. The van der Waals surface area contributed by atoms with Crippen LogP contribution in [0.2, 0.25) is 0 Å². The minimum Gasteiger partial charge on any atom is -0.309 e. The van der Waals surface area contributed by atoms with E-state index in [1.807, 2.05) is 18.2 Å². The van der Waals surface area contributed by atoms with E-state index in [0.717, 1.165) is 39.0 Å². The maximum atomic E-state index is 9.91. The maximum absolute atomic E-state index is 9.91. The van der Waals surface area contributed by atoms with Crippen molar-refractivity contribution >= 4 is 43.6 Å². The molecule has 0 saturated heterocycles. The van der Waals surface area contributed by atoms with Gasteiger partial charge in [-0.05, 0) is 77.4 Å². The molecule has 0 atom stereocenters. The Labute approximate surface area is 277 Å². The minimum absolute atomic E-state index is 0.486. The Morgan fingerprint density at radius 2 is 0.875 bits per heavy atom. The van der Waals surface area contributed by atoms with Gasteiger partial charge in [-0.1, -0.05) is 97.1 Å². The molecule has 0 fully saturated rings. The first-order valence-electron chi connectivity index (χ1n) is 15.9. The Balaban J connectivity index is 1.31. The predicted molar refractivity (Wildman–Crippen MR) is 195 cm³/mol. The lowest BCUT2D eigenvalue weighted by molar-refractivity contribution is 1.17. The van der Waals surface area contributed by atoms with E-state index in [9.17, 15) is 10.5 Å². The van der Waals surface area contributed by atoms with Crippen molar-refractivity contribution in [2.24, 2.45) is 0 Å². The van der Waals surface area contributed by atoms with Crippen LogP contribution >= 0.6 is 0 Å². The van der Waals surface area contributed by atoms with Gasteiger partial charge in [0.05, 0.1) is 45.3 Å². The van der Waals surface area contributed by atoms with Crippen LogP contribution in [0, 0.1) is 22.7 Å². The summed E-state index contributed by atoms with van der Waals surface area (Å²) in [6.45, 7) is 0. The summed E-state index contributed by atoms with van der Waals surface area (Å²) in [6, 6.07) is 59.0. The summed E-state index contributed by atoms with van der Waals surface area (Å²) in [5.41, 5.74) is 11.4. The molecule has 48 heavy (non-hydrogen) atoms. The van der Waals surface area contributed by atoms with E-state index >= 15 is 0 Å². The second-order valence-electron chi connectivity index (χ2n) is 12.0. The average Bonchev–Trinajstić information content (AvgIpc) is 3.68. The second kappa shape index (κ2) is 10.9. The van der Waals surface area contributed by atoms with Crippen molar-refractivity contribution in [2.45, 2.75) is 0 Å². The molecule has 0 aliphatic heterocycles. The van der Waals surface area contributed by atoms with Crippen molar-refractivity contribution in [1.82, 2.24) is 9.13 Å². The van der Waals surface area contributed by atoms with Crippen LogP contribution in [0.3, 0.4) is 0 Å². The van der Waals surface area contributed by atoms with E-state index in [-0.39, 0.29) is 0 Å². The largest absolute Gasteiger partial charge is 0.309 e. The normalized spacial score (nSPS) is 11.3. The van der Waals surface area contributed by atoms with Crippen LogP contribution in [-0.2, 0) is 0 Å². The smallest absolute Gasteiger partial charge is 0.0998 e. The molecule has 2 heterocycles. The summed E-state index contributed by atoms with van der Waals surface area (Å²) in [6.07, 6.45) is 0. The van der Waals surface area contributed by atoms with Crippen LogP contribution in [0.25, 0.3) is 77.2 Å². The summed E-state index contributed by atoms with van der Waals surface area (Å²) in [5.74, 6) is 0. The molecule has 0 amide bonds. The number of para-hydroxylation sites is 2. The highest BCUT2D eigenvalue weighted by Crippen LogP contribution is 2.43. The lowest BCUT2D eigenvalue weighted by atomic mass is 9.95. The number of rotatable bonds is 4. The van der Waals surface area contributed by atoms with Gasteiger partial charge in [-0.3, -0.25) is 0 Å². The van der Waals surface area contributed by atoms with Crippen molar-refractivity contribution in [2.75, 3.05) is 0 Å². The molecular weight excluding hydrogens is 585 g/mol. The van der Waals surface area contributed by atoms with Crippen molar-refractivity contribution in [3.05, 3.63) is 169 Å². The van der Waals surface area contributed by atoms with E-state index in [2.05, 4.69) is 143 Å². The van der Waals surface area contributed by atoms with E-state index in [1.165, 1.54) is 32.7 Å². The van der Waals surface area contributed by atoms with Gasteiger partial charge in [0.2, 0.25) is 0 Å². The van der Waals surface area contributed by atoms with Crippen LogP contribution in [0.15, 0.2) is 158 Å². The van der Waals surface area contributed by atoms with Crippen molar-refractivity contribution < 1.29 is 0 Å². The van der Waals surface area contributed by atoms with E-state index < -0.39 is 0 Å². The third kappa shape index (κ3) is 4.07. The Hall–Kier alpha value is -6.88. The van der Waals surface area contributed by atoms with E-state index in [0.29, 0.717) is 16.7 Å². The first kappa shape index (κ1) is 27.4. The standard InChI is InChI=1S/C44H26N4/c45-27-32-13-8-14-33(28-46)42(32)31-12-9-15-35(26-31)48-39-19-7-5-17-37(39)44-41(48)25-24-40-43(44)36-16-4-6-18-38(36)47(40)34-22-20-30(21-23-34)29-10-2-1-3-11-29/h1-26H. The molecule has 4 nitrogen and oxygen atoms in total. The molecule has 0 bridgehead atoms. The summed E-state index contributed by atoms with van der Waals surface area (Å²) in [7, 11) is 0. The number of fused-ring (bicyclic) bond motifs is 7. The molecule has 0 aliphatic carbocycles. The SMILES string of the molecule is N#Cc1cccc(C#N)c1-c1cccc(-n2c3ccccc3c3c4c5ccccc5n(-c5ccc(-c6ccccc6)cc5)c4ccc32)c1. The lowest BCUT2D eigenvalue weighted by Gasteiger charge is -2.12. The highest BCUT2D eigenvalue weighted by Gasteiger charge is 2.21. The van der Waals surface area contributed by atoms with Gasteiger partial charge in [0.1, 0.15) is 0 Å². The van der Waals surface area contributed by atoms with Crippen molar-refractivity contribution in [3.63, 3.8) is 0 Å². The third-order valence-corrected chi connectivity index (χ3v) is 9.40.